The van der Waals surface area contributed by atoms with Gasteiger partial charge in [0, 0.05) is 11.7 Å². The Kier molecular flexibility index (Phi) is 4.41. The molecule has 1 aromatic rings. The van der Waals surface area contributed by atoms with E-state index in [1.165, 1.54) is 16.8 Å². The van der Waals surface area contributed by atoms with Gasteiger partial charge in [0.2, 0.25) is 0 Å². The second kappa shape index (κ2) is 5.59. The van der Waals surface area contributed by atoms with Crippen molar-refractivity contribution >= 4 is 11.8 Å². The van der Waals surface area contributed by atoms with Gasteiger partial charge >= 0.3 is 0 Å². The van der Waals surface area contributed by atoms with Gasteiger partial charge in [0.1, 0.15) is 0 Å². The third-order valence-electron chi connectivity index (χ3n) is 2.47. The number of anilines is 1. The maximum atomic E-state index is 3.42. The highest BCUT2D eigenvalue weighted by molar-refractivity contribution is 5.71. The van der Waals surface area contributed by atoms with E-state index >= 15 is 0 Å². The lowest BCUT2D eigenvalue weighted by atomic mass is 10.0. The smallest absolute Gasteiger partial charge is 0.0419 e. The van der Waals surface area contributed by atoms with Crippen molar-refractivity contribution < 1.29 is 0 Å². The molecule has 1 heteroatoms. The van der Waals surface area contributed by atoms with E-state index in [1.54, 1.807) is 0 Å². The van der Waals surface area contributed by atoms with Crippen molar-refractivity contribution in [2.24, 2.45) is 0 Å². The summed E-state index contributed by atoms with van der Waals surface area (Å²) in [6.07, 6.45) is 5.51. The van der Waals surface area contributed by atoms with Crippen LogP contribution in [-0.2, 0) is 6.42 Å². The monoisotopic (exact) mass is 203 g/mol. The molecule has 1 unspecified atom stereocenters. The Labute approximate surface area is 93.2 Å². The lowest BCUT2D eigenvalue weighted by Crippen LogP contribution is -2.15. The van der Waals surface area contributed by atoms with Crippen LogP contribution in [0.4, 0.5) is 5.69 Å². The van der Waals surface area contributed by atoms with Gasteiger partial charge in [0.05, 0.1) is 0 Å². The molecule has 0 amide bonds. The summed E-state index contributed by atoms with van der Waals surface area (Å²) in [4.78, 5) is 0. The first kappa shape index (κ1) is 11.8. The Bertz CT molecular complexity index is 339. The van der Waals surface area contributed by atoms with E-state index in [0.29, 0.717) is 6.04 Å². The van der Waals surface area contributed by atoms with E-state index in [2.05, 4.69) is 49.5 Å². The molecule has 0 spiro atoms. The first-order valence-corrected chi connectivity index (χ1v) is 5.87. The molecule has 82 valence electrons. The predicted molar refractivity (Wildman–Crippen MR) is 69.3 cm³/mol. The lowest BCUT2D eigenvalue weighted by molar-refractivity contribution is 0.990. The van der Waals surface area contributed by atoms with Crippen LogP contribution >= 0.6 is 0 Å². The van der Waals surface area contributed by atoms with Crippen molar-refractivity contribution in [3.05, 3.63) is 35.4 Å². The molecule has 1 atom stereocenters. The van der Waals surface area contributed by atoms with Crippen LogP contribution in [0.5, 0.6) is 0 Å². The normalized spacial score (nSPS) is 17.2. The molecule has 0 bridgehead atoms. The molecule has 0 fully saturated rings. The average molecular weight is 203 g/mol. The number of hydrogen-bond donors (Lipinski definition) is 1. The van der Waals surface area contributed by atoms with Gasteiger partial charge in [-0.25, -0.2) is 0 Å². The average Bonchev–Trinajstić information content (AvgIpc) is 2.31. The van der Waals surface area contributed by atoms with Crippen molar-refractivity contribution in [1.82, 2.24) is 0 Å². The zero-order valence-corrected chi connectivity index (χ0v) is 10.2. The highest BCUT2D eigenvalue weighted by Crippen LogP contribution is 2.24. The van der Waals surface area contributed by atoms with Crippen LogP contribution in [0, 0.1) is 0 Å². The molecular formula is C14H21N. The fourth-order valence-electron chi connectivity index (χ4n) is 1.64. The Hall–Kier alpha value is -1.24. The number of rotatable bonds is 1. The Morgan fingerprint density at radius 3 is 2.67 bits per heavy atom. The molecule has 0 aromatic heterocycles. The Morgan fingerprint density at radius 1 is 1.27 bits per heavy atom. The van der Waals surface area contributed by atoms with Gasteiger partial charge in [0.25, 0.3) is 0 Å². The van der Waals surface area contributed by atoms with Crippen molar-refractivity contribution in [2.45, 2.75) is 40.2 Å². The predicted octanol–water partition coefficient (Wildman–Crippen LogP) is 4.10. The van der Waals surface area contributed by atoms with Crippen molar-refractivity contribution in [1.29, 1.82) is 0 Å². The second-order valence-corrected chi connectivity index (χ2v) is 3.57. The Morgan fingerprint density at radius 2 is 2.00 bits per heavy atom. The summed E-state index contributed by atoms with van der Waals surface area (Å²) in [6.45, 7) is 8.34. The van der Waals surface area contributed by atoms with Crippen LogP contribution in [0.3, 0.4) is 0 Å². The first-order chi connectivity index (χ1) is 7.29. The number of hydrogen-bond acceptors (Lipinski definition) is 1. The minimum Gasteiger partial charge on any atom is -0.379 e. The quantitative estimate of drug-likeness (QED) is 0.724. The lowest BCUT2D eigenvalue weighted by Gasteiger charge is -2.19. The third-order valence-corrected chi connectivity index (χ3v) is 2.47. The van der Waals surface area contributed by atoms with Gasteiger partial charge < -0.3 is 5.32 Å². The van der Waals surface area contributed by atoms with Crippen LogP contribution in [0.15, 0.2) is 24.3 Å². The molecule has 1 aliphatic heterocycles. The fourth-order valence-corrected chi connectivity index (χ4v) is 1.64. The van der Waals surface area contributed by atoms with E-state index < -0.39 is 0 Å². The van der Waals surface area contributed by atoms with Crippen LogP contribution in [-0.4, -0.2) is 6.04 Å². The van der Waals surface area contributed by atoms with Gasteiger partial charge in [-0.2, -0.15) is 0 Å². The summed E-state index contributed by atoms with van der Waals surface area (Å²) >= 11 is 0. The van der Waals surface area contributed by atoms with Crippen molar-refractivity contribution in [3.63, 3.8) is 0 Å². The topological polar surface area (TPSA) is 12.0 Å². The van der Waals surface area contributed by atoms with Gasteiger partial charge in [-0.05, 0) is 36.6 Å². The van der Waals surface area contributed by atoms with Gasteiger partial charge in [-0.15, -0.1) is 0 Å². The van der Waals surface area contributed by atoms with Crippen LogP contribution < -0.4 is 5.32 Å². The van der Waals surface area contributed by atoms with Gasteiger partial charge in [-0.3, -0.25) is 0 Å². The molecule has 1 nitrogen and oxygen atoms in total. The molecule has 0 aliphatic carbocycles. The van der Waals surface area contributed by atoms with Crippen LogP contribution in [0.25, 0.3) is 6.08 Å². The second-order valence-electron chi connectivity index (χ2n) is 3.57. The third kappa shape index (κ3) is 2.85. The van der Waals surface area contributed by atoms with E-state index in [4.69, 9.17) is 0 Å². The zero-order valence-electron chi connectivity index (χ0n) is 10.2. The van der Waals surface area contributed by atoms with Crippen LogP contribution in [0.2, 0.25) is 0 Å². The minimum absolute atomic E-state index is 0.458. The van der Waals surface area contributed by atoms with Gasteiger partial charge in [-0.1, -0.05) is 39.0 Å². The van der Waals surface area contributed by atoms with Crippen molar-refractivity contribution in [2.75, 3.05) is 5.32 Å². The highest BCUT2D eigenvalue weighted by atomic mass is 14.9. The van der Waals surface area contributed by atoms with E-state index in [1.807, 2.05) is 13.8 Å². The molecule has 1 N–H and O–H groups in total. The van der Waals surface area contributed by atoms with Crippen LogP contribution in [0.1, 0.15) is 38.8 Å². The first-order valence-electron chi connectivity index (χ1n) is 5.87. The number of benzene rings is 1. The molecule has 1 aliphatic rings. The molecule has 1 aromatic carbocycles. The molecular weight excluding hydrogens is 182 g/mol. The summed E-state index contributed by atoms with van der Waals surface area (Å²) in [7, 11) is 0. The summed E-state index contributed by atoms with van der Waals surface area (Å²) in [5.41, 5.74) is 3.98. The fraction of sp³-hybridized carbons (Fsp3) is 0.429. The highest BCUT2D eigenvalue weighted by Gasteiger charge is 2.07. The number of fused-ring (bicyclic) bond motifs is 1. The molecule has 0 radical (unpaired) electrons. The number of aryl methyl sites for hydroxylation is 1. The molecule has 0 saturated carbocycles. The minimum atomic E-state index is 0.458. The van der Waals surface area contributed by atoms with E-state index in [0.717, 1.165) is 6.42 Å². The Balaban J connectivity index is 0.000000531. The zero-order chi connectivity index (χ0) is 11.3. The SMILES string of the molecule is CC.CCc1ccc2c(c1)C=CC(C)N2. The molecule has 2 rings (SSSR count). The summed E-state index contributed by atoms with van der Waals surface area (Å²) in [5, 5.41) is 3.42. The van der Waals surface area contributed by atoms with Crippen molar-refractivity contribution in [3.8, 4) is 0 Å². The maximum Gasteiger partial charge on any atom is 0.0419 e. The maximum absolute atomic E-state index is 3.42. The van der Waals surface area contributed by atoms with E-state index in [9.17, 15) is 0 Å². The molecule has 0 saturated heterocycles. The molecule has 1 heterocycles. The van der Waals surface area contributed by atoms with E-state index in [-0.39, 0.29) is 0 Å². The number of nitrogens with one attached hydrogen (secondary N) is 1. The summed E-state index contributed by atoms with van der Waals surface area (Å²) in [5.74, 6) is 0. The summed E-state index contributed by atoms with van der Waals surface area (Å²) < 4.78 is 0. The molecule has 15 heavy (non-hydrogen) atoms. The van der Waals surface area contributed by atoms with Gasteiger partial charge in [0.15, 0.2) is 0 Å². The largest absolute Gasteiger partial charge is 0.379 e. The standard InChI is InChI=1S/C12H15N.C2H6/c1-3-10-5-7-12-11(8-10)6-4-9(2)13-12;1-2/h4-9,13H,3H2,1-2H3;1-2H3. The summed E-state index contributed by atoms with van der Waals surface area (Å²) in [6, 6.07) is 7.08.